The molecule has 1 aliphatic rings. The van der Waals surface area contributed by atoms with E-state index in [-0.39, 0.29) is 17.7 Å². The fourth-order valence-electron chi connectivity index (χ4n) is 3.79. The minimum Gasteiger partial charge on any atom is -0.357 e. The van der Waals surface area contributed by atoms with Crippen LogP contribution in [0, 0.1) is 5.92 Å². The SMILES string of the molecule is CNC(=O)[C@H](C/C=C/c1ccc(N(C)c2ncccn2)cc1)NC(=O)C1CCCCC1. The third-order valence-corrected chi connectivity index (χ3v) is 5.67. The second-order valence-corrected chi connectivity index (χ2v) is 7.85. The highest BCUT2D eigenvalue weighted by atomic mass is 16.2. The normalized spacial score (nSPS) is 15.4. The highest BCUT2D eigenvalue weighted by Gasteiger charge is 2.25. The van der Waals surface area contributed by atoms with Crippen LogP contribution in [-0.4, -0.2) is 41.9 Å². The second-order valence-electron chi connectivity index (χ2n) is 7.85. The number of nitrogens with zero attached hydrogens (tertiary/aromatic N) is 3. The van der Waals surface area contributed by atoms with Crippen molar-refractivity contribution in [3.05, 3.63) is 54.4 Å². The van der Waals surface area contributed by atoms with Crippen LogP contribution in [0.15, 0.2) is 48.8 Å². The van der Waals surface area contributed by atoms with Crippen LogP contribution in [0.1, 0.15) is 44.1 Å². The molecule has 0 spiro atoms. The largest absolute Gasteiger partial charge is 0.357 e. The van der Waals surface area contributed by atoms with Gasteiger partial charge in [-0.25, -0.2) is 9.97 Å². The van der Waals surface area contributed by atoms with Crippen molar-refractivity contribution in [1.82, 2.24) is 20.6 Å². The van der Waals surface area contributed by atoms with Crippen LogP contribution in [0.4, 0.5) is 11.6 Å². The lowest BCUT2D eigenvalue weighted by molar-refractivity contribution is -0.131. The van der Waals surface area contributed by atoms with Gasteiger partial charge in [0.2, 0.25) is 17.8 Å². The van der Waals surface area contributed by atoms with Gasteiger partial charge in [0.05, 0.1) is 0 Å². The number of hydrogen-bond acceptors (Lipinski definition) is 5. The molecule has 1 aromatic carbocycles. The van der Waals surface area contributed by atoms with Crippen LogP contribution in [0.3, 0.4) is 0 Å². The Balaban J connectivity index is 1.58. The number of aromatic nitrogens is 2. The number of amides is 2. The molecule has 2 aromatic rings. The number of benzene rings is 1. The van der Waals surface area contributed by atoms with Gasteiger partial charge >= 0.3 is 0 Å². The van der Waals surface area contributed by atoms with E-state index in [1.54, 1.807) is 25.5 Å². The topological polar surface area (TPSA) is 87.2 Å². The lowest BCUT2D eigenvalue weighted by Crippen LogP contribution is -2.47. The molecule has 2 N–H and O–H groups in total. The molecule has 3 rings (SSSR count). The summed E-state index contributed by atoms with van der Waals surface area (Å²) in [5.41, 5.74) is 1.99. The smallest absolute Gasteiger partial charge is 0.242 e. The molecule has 0 unspecified atom stereocenters. The van der Waals surface area contributed by atoms with Gasteiger partial charge in [-0.1, -0.05) is 43.5 Å². The van der Waals surface area contributed by atoms with Crippen molar-refractivity contribution in [1.29, 1.82) is 0 Å². The van der Waals surface area contributed by atoms with Gasteiger partial charge in [-0.2, -0.15) is 0 Å². The van der Waals surface area contributed by atoms with Gasteiger partial charge in [-0.05, 0) is 43.0 Å². The predicted molar refractivity (Wildman–Crippen MR) is 123 cm³/mol. The Kier molecular flexibility index (Phi) is 8.15. The predicted octanol–water partition coefficient (Wildman–Crippen LogP) is 3.46. The number of carbonyl (C=O) groups is 2. The maximum absolute atomic E-state index is 12.6. The van der Waals surface area contributed by atoms with E-state index >= 15 is 0 Å². The number of likely N-dealkylation sites (N-methyl/N-ethyl adjacent to an activating group) is 1. The maximum Gasteiger partial charge on any atom is 0.242 e. The average Bonchev–Trinajstić information content (AvgIpc) is 2.84. The Bertz CT molecular complexity index is 877. The molecule has 1 heterocycles. The number of hydrogen-bond donors (Lipinski definition) is 2. The summed E-state index contributed by atoms with van der Waals surface area (Å²) in [6.07, 6.45) is 13.0. The molecule has 0 radical (unpaired) electrons. The molecule has 1 saturated carbocycles. The van der Waals surface area contributed by atoms with Crippen molar-refractivity contribution < 1.29 is 9.59 Å². The van der Waals surface area contributed by atoms with Crippen molar-refractivity contribution >= 4 is 29.5 Å². The average molecular weight is 422 g/mol. The summed E-state index contributed by atoms with van der Waals surface area (Å²) >= 11 is 0. The van der Waals surface area contributed by atoms with Crippen LogP contribution >= 0.6 is 0 Å². The van der Waals surface area contributed by atoms with E-state index in [0.717, 1.165) is 36.9 Å². The third-order valence-electron chi connectivity index (χ3n) is 5.67. The Hall–Kier alpha value is -3.22. The summed E-state index contributed by atoms with van der Waals surface area (Å²) in [5, 5.41) is 5.60. The molecule has 1 aromatic heterocycles. The zero-order chi connectivity index (χ0) is 22.1. The van der Waals surface area contributed by atoms with Gasteiger partial charge in [-0.3, -0.25) is 9.59 Å². The summed E-state index contributed by atoms with van der Waals surface area (Å²) in [5.74, 6) is 0.488. The lowest BCUT2D eigenvalue weighted by atomic mass is 9.88. The van der Waals surface area contributed by atoms with Crippen LogP contribution in [0.2, 0.25) is 0 Å². The maximum atomic E-state index is 12.6. The highest BCUT2D eigenvalue weighted by Crippen LogP contribution is 2.24. The summed E-state index contributed by atoms with van der Waals surface area (Å²) in [6, 6.07) is 9.22. The number of carbonyl (C=O) groups excluding carboxylic acids is 2. The van der Waals surface area contributed by atoms with E-state index in [9.17, 15) is 9.59 Å². The molecular weight excluding hydrogens is 390 g/mol. The Morgan fingerprint density at radius 2 is 1.81 bits per heavy atom. The van der Waals surface area contributed by atoms with Crippen molar-refractivity contribution in [2.75, 3.05) is 19.0 Å². The molecule has 1 fully saturated rings. The first-order valence-electron chi connectivity index (χ1n) is 10.9. The first-order valence-corrected chi connectivity index (χ1v) is 10.9. The van der Waals surface area contributed by atoms with Crippen LogP contribution < -0.4 is 15.5 Å². The fourth-order valence-corrected chi connectivity index (χ4v) is 3.79. The summed E-state index contributed by atoms with van der Waals surface area (Å²) in [7, 11) is 3.51. The van der Waals surface area contributed by atoms with Crippen LogP contribution in [0.5, 0.6) is 0 Å². The van der Waals surface area contributed by atoms with E-state index < -0.39 is 6.04 Å². The zero-order valence-corrected chi connectivity index (χ0v) is 18.3. The van der Waals surface area contributed by atoms with E-state index in [1.165, 1.54) is 6.42 Å². The molecule has 31 heavy (non-hydrogen) atoms. The van der Waals surface area contributed by atoms with Crippen LogP contribution in [0.25, 0.3) is 6.08 Å². The van der Waals surface area contributed by atoms with Gasteiger partial charge in [0, 0.05) is 38.1 Å². The minimum atomic E-state index is -0.559. The Labute approximate surface area is 184 Å². The van der Waals surface area contributed by atoms with Gasteiger partial charge in [-0.15, -0.1) is 0 Å². The molecule has 1 atom stereocenters. The Morgan fingerprint density at radius 3 is 2.45 bits per heavy atom. The molecule has 2 amide bonds. The van der Waals surface area contributed by atoms with Gasteiger partial charge < -0.3 is 15.5 Å². The van der Waals surface area contributed by atoms with Crippen molar-refractivity contribution in [2.24, 2.45) is 5.92 Å². The Morgan fingerprint density at radius 1 is 1.13 bits per heavy atom. The quantitative estimate of drug-likeness (QED) is 0.682. The van der Waals surface area contributed by atoms with Gasteiger partial charge in [0.1, 0.15) is 6.04 Å². The number of rotatable bonds is 8. The fraction of sp³-hybridized carbons (Fsp3) is 0.417. The molecule has 0 saturated heterocycles. The van der Waals surface area contributed by atoms with E-state index in [4.69, 9.17) is 0 Å². The molecule has 7 heteroatoms. The summed E-state index contributed by atoms with van der Waals surface area (Å²) in [4.78, 5) is 35.2. The van der Waals surface area contributed by atoms with E-state index in [0.29, 0.717) is 12.4 Å². The first kappa shape index (κ1) is 22.5. The molecular formula is C24H31N5O2. The summed E-state index contributed by atoms with van der Waals surface area (Å²) in [6.45, 7) is 0. The minimum absolute atomic E-state index is 0.00257. The van der Waals surface area contributed by atoms with Crippen LogP contribution in [-0.2, 0) is 9.59 Å². The molecule has 0 bridgehead atoms. The first-order chi connectivity index (χ1) is 15.1. The van der Waals surface area contributed by atoms with Crippen molar-refractivity contribution in [3.63, 3.8) is 0 Å². The standard InChI is InChI=1S/C24H31N5O2/c1-25-23(31)21(28-22(30)19-9-4-3-5-10-19)11-6-8-18-12-14-20(15-13-18)29(2)24-26-16-7-17-27-24/h6-8,12-17,19,21H,3-5,9-11H2,1-2H3,(H,25,31)(H,28,30)/b8-6+/t21-/m0/s1. The van der Waals surface area contributed by atoms with Crippen molar-refractivity contribution in [3.8, 4) is 0 Å². The molecule has 7 nitrogen and oxygen atoms in total. The van der Waals surface area contributed by atoms with E-state index in [2.05, 4.69) is 20.6 Å². The van der Waals surface area contributed by atoms with E-state index in [1.807, 2.05) is 48.4 Å². The summed E-state index contributed by atoms with van der Waals surface area (Å²) < 4.78 is 0. The number of nitrogens with one attached hydrogen (secondary N) is 2. The molecule has 164 valence electrons. The second kappa shape index (κ2) is 11.2. The van der Waals surface area contributed by atoms with Crippen molar-refractivity contribution in [2.45, 2.75) is 44.6 Å². The highest BCUT2D eigenvalue weighted by molar-refractivity contribution is 5.88. The number of anilines is 2. The monoisotopic (exact) mass is 421 g/mol. The lowest BCUT2D eigenvalue weighted by Gasteiger charge is -2.23. The van der Waals surface area contributed by atoms with Gasteiger partial charge in [0.15, 0.2) is 0 Å². The molecule has 0 aliphatic heterocycles. The zero-order valence-electron chi connectivity index (χ0n) is 18.3. The van der Waals surface area contributed by atoms with Gasteiger partial charge in [0.25, 0.3) is 0 Å². The third kappa shape index (κ3) is 6.38. The molecule has 1 aliphatic carbocycles.